The average Bonchev–Trinajstić information content (AvgIpc) is 3.16. The Morgan fingerprint density at radius 2 is 1.72 bits per heavy atom. The van der Waals surface area contributed by atoms with E-state index in [1.165, 1.54) is 4.88 Å². The van der Waals surface area contributed by atoms with Gasteiger partial charge in [0.15, 0.2) is 0 Å². The number of anilines is 2. The number of hydrogen-bond donors (Lipinski definition) is 2. The maximum atomic E-state index is 12.6. The van der Waals surface area contributed by atoms with E-state index < -0.39 is 0 Å². The molecular weight excluding hydrogens is 416 g/mol. The van der Waals surface area contributed by atoms with Crippen molar-refractivity contribution < 1.29 is 4.79 Å². The molecule has 2 heterocycles. The van der Waals surface area contributed by atoms with Gasteiger partial charge in [-0.15, -0.1) is 11.3 Å². The van der Waals surface area contributed by atoms with Gasteiger partial charge in [0.05, 0.1) is 5.39 Å². The lowest BCUT2D eigenvalue weighted by Crippen LogP contribution is -2.17. The Labute approximate surface area is 190 Å². The molecule has 0 aliphatic heterocycles. The number of fused-ring (bicyclic) bond motifs is 2. The van der Waals surface area contributed by atoms with Crippen LogP contribution in [-0.4, -0.2) is 22.4 Å². The van der Waals surface area contributed by atoms with E-state index in [9.17, 15) is 4.79 Å². The molecule has 0 aliphatic rings. The van der Waals surface area contributed by atoms with Crippen LogP contribution in [0.5, 0.6) is 0 Å². The SMILES string of the molecule is Cc1sc2ncnc(NCCC(=O)Nc3cccc4ccccc34)c2c1-c1ccccc1. The molecule has 0 saturated carbocycles. The fourth-order valence-electron chi connectivity index (χ4n) is 3.97. The topological polar surface area (TPSA) is 66.9 Å². The first-order valence-corrected chi connectivity index (χ1v) is 11.3. The summed E-state index contributed by atoms with van der Waals surface area (Å²) in [5, 5.41) is 9.55. The van der Waals surface area contributed by atoms with Crippen LogP contribution in [0.25, 0.3) is 32.1 Å². The summed E-state index contributed by atoms with van der Waals surface area (Å²) >= 11 is 1.66. The molecule has 0 bridgehead atoms. The van der Waals surface area contributed by atoms with Crippen molar-refractivity contribution in [2.75, 3.05) is 17.2 Å². The largest absolute Gasteiger partial charge is 0.369 e. The second kappa shape index (κ2) is 8.77. The highest BCUT2D eigenvalue weighted by atomic mass is 32.1. The first kappa shape index (κ1) is 20.2. The first-order valence-electron chi connectivity index (χ1n) is 10.5. The Balaban J connectivity index is 1.33. The van der Waals surface area contributed by atoms with Gasteiger partial charge in [-0.25, -0.2) is 9.97 Å². The van der Waals surface area contributed by atoms with Crippen LogP contribution in [0.15, 0.2) is 79.1 Å². The third-order valence-corrected chi connectivity index (χ3v) is 6.45. The van der Waals surface area contributed by atoms with Crippen LogP contribution in [0.1, 0.15) is 11.3 Å². The van der Waals surface area contributed by atoms with Crippen molar-refractivity contribution in [1.29, 1.82) is 0 Å². The summed E-state index contributed by atoms with van der Waals surface area (Å²) < 4.78 is 0. The van der Waals surface area contributed by atoms with E-state index in [4.69, 9.17) is 0 Å². The van der Waals surface area contributed by atoms with Gasteiger partial charge in [0.2, 0.25) is 5.91 Å². The lowest BCUT2D eigenvalue weighted by atomic mass is 10.0. The van der Waals surface area contributed by atoms with E-state index in [-0.39, 0.29) is 5.91 Å². The van der Waals surface area contributed by atoms with Crippen LogP contribution in [0.4, 0.5) is 11.5 Å². The molecule has 3 aromatic carbocycles. The first-order chi connectivity index (χ1) is 15.7. The summed E-state index contributed by atoms with van der Waals surface area (Å²) in [6, 6.07) is 24.2. The fourth-order valence-corrected chi connectivity index (χ4v) is 4.98. The number of nitrogens with one attached hydrogen (secondary N) is 2. The van der Waals surface area contributed by atoms with Gasteiger partial charge < -0.3 is 10.6 Å². The van der Waals surface area contributed by atoms with Gasteiger partial charge >= 0.3 is 0 Å². The zero-order valence-electron chi connectivity index (χ0n) is 17.6. The van der Waals surface area contributed by atoms with Gasteiger partial charge in [-0.05, 0) is 23.9 Å². The third-order valence-electron chi connectivity index (χ3n) is 5.44. The Morgan fingerprint density at radius 3 is 2.59 bits per heavy atom. The monoisotopic (exact) mass is 438 g/mol. The van der Waals surface area contributed by atoms with Crippen molar-refractivity contribution in [2.45, 2.75) is 13.3 Å². The predicted molar refractivity (Wildman–Crippen MR) is 133 cm³/mol. The molecule has 2 aromatic heterocycles. The van der Waals surface area contributed by atoms with Gasteiger partial charge in [-0.3, -0.25) is 4.79 Å². The minimum absolute atomic E-state index is 0.0380. The van der Waals surface area contributed by atoms with Crippen molar-refractivity contribution in [2.24, 2.45) is 0 Å². The maximum Gasteiger partial charge on any atom is 0.226 e. The summed E-state index contributed by atoms with van der Waals surface area (Å²) in [5.74, 6) is 0.722. The zero-order valence-corrected chi connectivity index (χ0v) is 18.4. The van der Waals surface area contributed by atoms with Crippen LogP contribution in [0.3, 0.4) is 0 Å². The molecule has 0 aliphatic carbocycles. The van der Waals surface area contributed by atoms with Gasteiger partial charge in [0.25, 0.3) is 0 Å². The second-order valence-electron chi connectivity index (χ2n) is 7.55. The minimum atomic E-state index is -0.0380. The van der Waals surface area contributed by atoms with Gasteiger partial charge in [-0.2, -0.15) is 0 Å². The lowest BCUT2D eigenvalue weighted by molar-refractivity contribution is -0.115. The van der Waals surface area contributed by atoms with Gasteiger partial charge in [0.1, 0.15) is 17.0 Å². The highest BCUT2D eigenvalue weighted by Crippen LogP contribution is 2.40. The quantitative estimate of drug-likeness (QED) is 0.328. The lowest BCUT2D eigenvalue weighted by Gasteiger charge is -2.11. The van der Waals surface area contributed by atoms with Crippen LogP contribution in [-0.2, 0) is 4.79 Å². The van der Waals surface area contributed by atoms with Crippen LogP contribution < -0.4 is 10.6 Å². The highest BCUT2D eigenvalue weighted by molar-refractivity contribution is 7.19. The van der Waals surface area contributed by atoms with E-state index >= 15 is 0 Å². The number of amides is 1. The molecule has 5 aromatic rings. The van der Waals surface area contributed by atoms with E-state index in [1.807, 2.05) is 60.7 Å². The average molecular weight is 439 g/mol. The molecule has 2 N–H and O–H groups in total. The van der Waals surface area contributed by atoms with Crippen molar-refractivity contribution >= 4 is 49.7 Å². The number of hydrogen-bond acceptors (Lipinski definition) is 5. The van der Waals surface area contributed by atoms with Crippen molar-refractivity contribution in [3.63, 3.8) is 0 Å². The van der Waals surface area contributed by atoms with E-state index in [1.54, 1.807) is 17.7 Å². The molecule has 0 unspecified atom stereocenters. The van der Waals surface area contributed by atoms with E-state index in [2.05, 4.69) is 39.7 Å². The Hall–Kier alpha value is -3.77. The smallest absolute Gasteiger partial charge is 0.226 e. The van der Waals surface area contributed by atoms with Crippen LogP contribution in [0, 0.1) is 6.92 Å². The van der Waals surface area contributed by atoms with Crippen molar-refractivity contribution in [1.82, 2.24) is 9.97 Å². The van der Waals surface area contributed by atoms with Gasteiger partial charge in [-0.1, -0.05) is 66.7 Å². The molecule has 32 heavy (non-hydrogen) atoms. The molecule has 0 spiro atoms. The molecule has 0 atom stereocenters. The molecule has 5 rings (SSSR count). The summed E-state index contributed by atoms with van der Waals surface area (Å²) in [5.41, 5.74) is 3.12. The summed E-state index contributed by atoms with van der Waals surface area (Å²) in [6.07, 6.45) is 1.91. The summed E-state index contributed by atoms with van der Waals surface area (Å²) in [6.45, 7) is 2.59. The fraction of sp³-hybridized carbons (Fsp3) is 0.115. The Morgan fingerprint density at radius 1 is 0.938 bits per heavy atom. The number of thiophene rings is 1. The number of benzene rings is 3. The number of aryl methyl sites for hydroxylation is 1. The zero-order chi connectivity index (χ0) is 21.9. The molecule has 158 valence electrons. The molecule has 0 radical (unpaired) electrons. The third kappa shape index (κ3) is 3.92. The Kier molecular flexibility index (Phi) is 5.52. The maximum absolute atomic E-state index is 12.6. The summed E-state index contributed by atoms with van der Waals surface area (Å²) in [4.78, 5) is 23.7. The van der Waals surface area contributed by atoms with E-state index in [0.717, 1.165) is 43.6 Å². The molecule has 0 fully saturated rings. The number of carbonyl (C=O) groups excluding carboxylic acids is 1. The Bertz CT molecular complexity index is 1410. The normalized spacial score (nSPS) is 11.0. The summed E-state index contributed by atoms with van der Waals surface area (Å²) in [7, 11) is 0. The van der Waals surface area contributed by atoms with Gasteiger partial charge in [0, 0.05) is 34.5 Å². The standard InChI is InChI=1S/C26H22N4OS/c1-17-23(19-9-3-2-4-10-19)24-25(28-16-29-26(24)32-17)27-15-14-22(31)30-21-13-7-11-18-8-5-6-12-20(18)21/h2-13,16H,14-15H2,1H3,(H,30,31)(H,27,28,29). The van der Waals surface area contributed by atoms with Crippen LogP contribution >= 0.6 is 11.3 Å². The highest BCUT2D eigenvalue weighted by Gasteiger charge is 2.16. The number of nitrogens with zero attached hydrogens (tertiary/aromatic N) is 2. The molecule has 1 amide bonds. The van der Waals surface area contributed by atoms with E-state index in [0.29, 0.717) is 13.0 Å². The number of rotatable bonds is 6. The number of aromatic nitrogens is 2. The molecular formula is C26H22N4OS. The van der Waals surface area contributed by atoms with Crippen molar-refractivity contribution in [3.05, 3.63) is 84.0 Å². The second-order valence-corrected chi connectivity index (χ2v) is 8.76. The van der Waals surface area contributed by atoms with Crippen molar-refractivity contribution in [3.8, 4) is 11.1 Å². The molecule has 6 heteroatoms. The molecule has 5 nitrogen and oxygen atoms in total. The number of carbonyl (C=O) groups is 1. The predicted octanol–water partition coefficient (Wildman–Crippen LogP) is 6.26. The minimum Gasteiger partial charge on any atom is -0.369 e. The molecule has 0 saturated heterocycles. The van der Waals surface area contributed by atoms with Crippen LogP contribution in [0.2, 0.25) is 0 Å².